The van der Waals surface area contributed by atoms with Crippen LogP contribution in [0.1, 0.15) is 6.42 Å². The zero-order chi connectivity index (χ0) is 10.0. The molecule has 1 aliphatic rings. The Morgan fingerprint density at radius 3 is 2.64 bits per heavy atom. The summed E-state index contributed by atoms with van der Waals surface area (Å²) >= 11 is 5.75. The number of rotatable bonds is 1. The van der Waals surface area contributed by atoms with E-state index in [0.29, 0.717) is 16.9 Å². The van der Waals surface area contributed by atoms with Gasteiger partial charge in [0.25, 0.3) is 7.52 Å². The predicted molar refractivity (Wildman–Crippen MR) is 57.3 cm³/mol. The number of halogens is 1. The maximum absolute atomic E-state index is 12.2. The monoisotopic (exact) mass is 231 g/mol. The van der Waals surface area contributed by atoms with Crippen LogP contribution in [-0.4, -0.2) is 13.2 Å². The zero-order valence-electron chi connectivity index (χ0n) is 7.57. The topological polar surface area (TPSA) is 38.3 Å². The van der Waals surface area contributed by atoms with Gasteiger partial charge in [0, 0.05) is 11.6 Å². The van der Waals surface area contributed by atoms with Gasteiger partial charge in [0.15, 0.2) is 0 Å². The van der Waals surface area contributed by atoms with Crippen LogP contribution in [0.25, 0.3) is 0 Å². The normalized spacial score (nSPS) is 27.5. The lowest BCUT2D eigenvalue weighted by Crippen LogP contribution is -2.27. The second-order valence-corrected chi connectivity index (χ2v) is 5.75. The first kappa shape index (κ1) is 10.2. The lowest BCUT2D eigenvalue weighted by atomic mass is 10.4. The van der Waals surface area contributed by atoms with Crippen LogP contribution >= 0.6 is 19.1 Å². The first-order valence-corrected chi connectivity index (χ1v) is 6.47. The highest BCUT2D eigenvalue weighted by molar-refractivity contribution is 7.65. The highest BCUT2D eigenvalue weighted by atomic mass is 35.5. The van der Waals surface area contributed by atoms with Gasteiger partial charge >= 0.3 is 0 Å². The zero-order valence-corrected chi connectivity index (χ0v) is 9.22. The van der Waals surface area contributed by atoms with Crippen LogP contribution in [0.4, 0.5) is 0 Å². The van der Waals surface area contributed by atoms with E-state index in [-0.39, 0.29) is 0 Å². The minimum Gasteiger partial charge on any atom is -0.314 e. The molecule has 14 heavy (non-hydrogen) atoms. The summed E-state index contributed by atoms with van der Waals surface area (Å²) in [5, 5.41) is 4.24. The van der Waals surface area contributed by atoms with E-state index in [2.05, 4.69) is 5.09 Å². The van der Waals surface area contributed by atoms with Crippen molar-refractivity contribution in [1.82, 2.24) is 5.09 Å². The van der Waals surface area contributed by atoms with Crippen molar-refractivity contribution in [1.29, 1.82) is 0 Å². The first-order valence-electron chi connectivity index (χ1n) is 4.46. The van der Waals surface area contributed by atoms with E-state index in [1.54, 1.807) is 24.3 Å². The molecular weight excluding hydrogens is 221 g/mol. The van der Waals surface area contributed by atoms with Gasteiger partial charge in [-0.25, -0.2) is 5.09 Å². The van der Waals surface area contributed by atoms with Gasteiger partial charge in [0.2, 0.25) is 0 Å². The Morgan fingerprint density at radius 1 is 1.36 bits per heavy atom. The molecule has 2 rings (SSSR count). The fourth-order valence-corrected chi connectivity index (χ4v) is 3.27. The molecule has 0 spiro atoms. The molecule has 0 saturated carbocycles. The molecule has 1 N–H and O–H groups in total. The lowest BCUT2D eigenvalue weighted by Gasteiger charge is -2.24. The number of hydrogen-bond acceptors (Lipinski definition) is 2. The predicted octanol–water partition coefficient (Wildman–Crippen LogP) is 2.17. The van der Waals surface area contributed by atoms with E-state index in [1.807, 2.05) is 0 Å². The highest BCUT2D eigenvalue weighted by Crippen LogP contribution is 2.43. The van der Waals surface area contributed by atoms with Gasteiger partial charge in [-0.1, -0.05) is 11.6 Å². The largest absolute Gasteiger partial charge is 0.314 e. The number of hydrogen-bond donors (Lipinski definition) is 1. The van der Waals surface area contributed by atoms with Crippen molar-refractivity contribution in [2.75, 3.05) is 13.2 Å². The molecular formula is C9H11ClNO2P. The smallest absolute Gasteiger partial charge is 0.299 e. The van der Waals surface area contributed by atoms with Crippen molar-refractivity contribution in [2.45, 2.75) is 6.42 Å². The van der Waals surface area contributed by atoms with Crippen LogP contribution in [0.15, 0.2) is 24.3 Å². The molecule has 0 aromatic heterocycles. The molecule has 1 aliphatic heterocycles. The Hall–Kier alpha value is -0.340. The molecule has 5 heteroatoms. The maximum atomic E-state index is 12.2. The Balaban J connectivity index is 2.28. The first-order chi connectivity index (χ1) is 6.71. The Kier molecular flexibility index (Phi) is 2.93. The molecule has 1 atom stereocenters. The van der Waals surface area contributed by atoms with Gasteiger partial charge in [-0.2, -0.15) is 0 Å². The molecule has 0 amide bonds. The van der Waals surface area contributed by atoms with Crippen molar-refractivity contribution in [2.24, 2.45) is 0 Å². The van der Waals surface area contributed by atoms with Crippen LogP contribution in [0.5, 0.6) is 0 Å². The molecule has 3 nitrogen and oxygen atoms in total. The average Bonchev–Trinajstić information content (AvgIpc) is 2.19. The minimum atomic E-state index is -2.79. The number of nitrogens with one attached hydrogen (secondary N) is 1. The van der Waals surface area contributed by atoms with Gasteiger partial charge in [-0.05, 0) is 30.7 Å². The summed E-state index contributed by atoms with van der Waals surface area (Å²) in [7, 11) is -2.79. The van der Waals surface area contributed by atoms with Crippen LogP contribution in [0, 0.1) is 0 Å². The molecule has 1 heterocycles. The Morgan fingerprint density at radius 2 is 2.07 bits per heavy atom. The van der Waals surface area contributed by atoms with E-state index in [9.17, 15) is 4.57 Å². The summed E-state index contributed by atoms with van der Waals surface area (Å²) < 4.78 is 17.5. The molecule has 1 aromatic rings. The standard InChI is InChI=1S/C9H11ClNO2P/c10-8-2-4-9(5-3-8)14(12)11-6-1-7-13-14/h2-5H,1,6-7H2,(H,11,12). The van der Waals surface area contributed by atoms with E-state index < -0.39 is 7.52 Å². The fraction of sp³-hybridized carbons (Fsp3) is 0.333. The van der Waals surface area contributed by atoms with E-state index >= 15 is 0 Å². The summed E-state index contributed by atoms with van der Waals surface area (Å²) in [5.74, 6) is 0. The second-order valence-electron chi connectivity index (χ2n) is 3.12. The third-order valence-electron chi connectivity index (χ3n) is 2.08. The van der Waals surface area contributed by atoms with E-state index in [0.717, 1.165) is 13.0 Å². The fourth-order valence-electron chi connectivity index (χ4n) is 1.34. The second kappa shape index (κ2) is 4.03. The molecule has 76 valence electrons. The van der Waals surface area contributed by atoms with Crippen LogP contribution in [-0.2, 0) is 9.09 Å². The van der Waals surface area contributed by atoms with Gasteiger partial charge in [0.05, 0.1) is 11.9 Å². The third-order valence-corrected chi connectivity index (χ3v) is 4.50. The van der Waals surface area contributed by atoms with Gasteiger partial charge in [-0.3, -0.25) is 4.57 Å². The van der Waals surface area contributed by atoms with Crippen LogP contribution in [0.2, 0.25) is 5.02 Å². The third kappa shape index (κ3) is 2.01. The summed E-state index contributed by atoms with van der Waals surface area (Å²) in [6.45, 7) is 1.28. The SMILES string of the molecule is O=P1(c2ccc(Cl)cc2)NCCCO1. The summed E-state index contributed by atoms with van der Waals surface area (Å²) in [6, 6.07) is 6.91. The maximum Gasteiger partial charge on any atom is 0.299 e. The quantitative estimate of drug-likeness (QED) is 0.753. The van der Waals surface area contributed by atoms with Crippen molar-refractivity contribution in [3.05, 3.63) is 29.3 Å². The molecule has 0 aliphatic carbocycles. The van der Waals surface area contributed by atoms with Crippen molar-refractivity contribution in [3.8, 4) is 0 Å². The Bertz CT molecular complexity index is 356. The van der Waals surface area contributed by atoms with E-state index in [4.69, 9.17) is 16.1 Å². The molecule has 1 aromatic carbocycles. The minimum absolute atomic E-state index is 0.549. The molecule has 0 bridgehead atoms. The molecule has 1 fully saturated rings. The van der Waals surface area contributed by atoms with Crippen LogP contribution in [0.3, 0.4) is 0 Å². The molecule has 1 saturated heterocycles. The van der Waals surface area contributed by atoms with Gasteiger partial charge in [0.1, 0.15) is 0 Å². The van der Waals surface area contributed by atoms with Gasteiger partial charge in [-0.15, -0.1) is 0 Å². The van der Waals surface area contributed by atoms with E-state index in [1.165, 1.54) is 0 Å². The Labute approximate surface area is 87.9 Å². The number of benzene rings is 1. The van der Waals surface area contributed by atoms with Crippen molar-refractivity contribution in [3.63, 3.8) is 0 Å². The van der Waals surface area contributed by atoms with Crippen LogP contribution < -0.4 is 10.4 Å². The average molecular weight is 232 g/mol. The van der Waals surface area contributed by atoms with Crippen molar-refractivity contribution < 1.29 is 9.09 Å². The summed E-state index contributed by atoms with van der Waals surface area (Å²) in [5.41, 5.74) is 0. The highest BCUT2D eigenvalue weighted by Gasteiger charge is 2.27. The molecule has 1 unspecified atom stereocenters. The summed E-state index contributed by atoms with van der Waals surface area (Å²) in [4.78, 5) is 0. The van der Waals surface area contributed by atoms with Crippen molar-refractivity contribution >= 4 is 24.4 Å². The summed E-state index contributed by atoms with van der Waals surface area (Å²) in [6.07, 6.45) is 0.900. The van der Waals surface area contributed by atoms with Gasteiger partial charge < -0.3 is 4.52 Å². The molecule has 0 radical (unpaired) electrons. The lowest BCUT2D eigenvalue weighted by molar-refractivity contribution is 0.285.